The molecule has 0 radical (unpaired) electrons. The van der Waals surface area contributed by atoms with E-state index in [-0.39, 0.29) is 17.5 Å². The van der Waals surface area contributed by atoms with Crippen molar-refractivity contribution in [3.63, 3.8) is 0 Å². The van der Waals surface area contributed by atoms with Crippen molar-refractivity contribution in [3.05, 3.63) is 22.8 Å². The lowest BCUT2D eigenvalue weighted by atomic mass is 9.51. The molecule has 3 heteroatoms. The molecule has 0 unspecified atom stereocenters. The second kappa shape index (κ2) is 6.10. The molecule has 3 saturated carbocycles. The molecule has 1 N–H and O–H groups in total. The minimum absolute atomic E-state index is 0.215. The van der Waals surface area contributed by atoms with Gasteiger partial charge in [-0.05, 0) is 38.0 Å². The maximum Gasteiger partial charge on any atom is 0.255 e. The zero-order valence-electron chi connectivity index (χ0n) is 14.6. The molecule has 3 fully saturated rings. The maximum atomic E-state index is 10.8. The summed E-state index contributed by atoms with van der Waals surface area (Å²) >= 11 is 0. The van der Waals surface area contributed by atoms with Gasteiger partial charge in [-0.3, -0.25) is 0 Å². The highest BCUT2D eigenvalue weighted by Gasteiger charge is 2.63. The van der Waals surface area contributed by atoms with Gasteiger partial charge in [-0.1, -0.05) is 32.1 Å². The van der Waals surface area contributed by atoms with Crippen LogP contribution in [-0.4, -0.2) is 22.3 Å². The molecule has 6 atom stereocenters. The van der Waals surface area contributed by atoms with Crippen LogP contribution in [0.4, 0.5) is 0 Å². The zero-order valence-corrected chi connectivity index (χ0v) is 14.6. The van der Waals surface area contributed by atoms with Crippen molar-refractivity contribution in [2.75, 3.05) is 0 Å². The van der Waals surface area contributed by atoms with Gasteiger partial charge in [0.15, 0.2) is 0 Å². The van der Waals surface area contributed by atoms with Crippen LogP contribution < -0.4 is 0 Å². The average Bonchev–Trinajstić information content (AvgIpc) is 2.55. The van der Waals surface area contributed by atoms with Crippen LogP contribution in [0.2, 0.25) is 0 Å². The molecule has 23 heavy (non-hydrogen) atoms. The fourth-order valence-corrected chi connectivity index (χ4v) is 5.99. The fourth-order valence-electron chi connectivity index (χ4n) is 5.99. The summed E-state index contributed by atoms with van der Waals surface area (Å²) in [5.74, 6) is 1.76. The molecular formula is C20H30N2O. The number of fused-ring (bicyclic) bond motifs is 1. The number of rotatable bonds is 1. The zero-order chi connectivity index (χ0) is 16.7. The number of hydrogen-bond donors (Lipinski definition) is 1. The molecule has 0 bridgehead atoms. The van der Waals surface area contributed by atoms with Crippen molar-refractivity contribution < 1.29 is 5.11 Å². The Morgan fingerprint density at radius 2 is 1.65 bits per heavy atom. The van der Waals surface area contributed by atoms with Crippen LogP contribution >= 0.6 is 0 Å². The Bertz CT molecular complexity index is 523. The summed E-state index contributed by atoms with van der Waals surface area (Å²) in [5.41, 5.74) is -1.20. The van der Waals surface area contributed by atoms with Crippen molar-refractivity contribution in [2.45, 2.75) is 88.8 Å². The Morgan fingerprint density at radius 1 is 0.957 bits per heavy atom. The van der Waals surface area contributed by atoms with E-state index in [1.54, 1.807) is 0 Å². The van der Waals surface area contributed by atoms with E-state index in [2.05, 4.69) is 16.6 Å². The first kappa shape index (κ1) is 16.8. The molecule has 0 aromatic carbocycles. The largest absolute Gasteiger partial charge is 0.382 e. The fraction of sp³-hybridized carbons (Fsp3) is 0.900. The minimum atomic E-state index is -0.879. The topological polar surface area (TPSA) is 28.9 Å². The van der Waals surface area contributed by atoms with Gasteiger partial charge in [0.2, 0.25) is 5.54 Å². The third kappa shape index (κ3) is 2.78. The van der Waals surface area contributed by atoms with Gasteiger partial charge in [0.1, 0.15) is 5.60 Å². The van der Waals surface area contributed by atoms with Crippen molar-refractivity contribution >= 4 is 0 Å². The predicted octanol–water partition coefficient (Wildman–Crippen LogP) is 4.72. The van der Waals surface area contributed by atoms with E-state index in [0.29, 0.717) is 24.2 Å². The third-order valence-electron chi connectivity index (χ3n) is 7.35. The van der Waals surface area contributed by atoms with E-state index < -0.39 is 5.60 Å². The average molecular weight is 314 g/mol. The summed E-state index contributed by atoms with van der Waals surface area (Å²) in [4.78, 5) is 7.95. The third-order valence-corrected chi connectivity index (χ3v) is 7.35. The first-order valence-corrected chi connectivity index (χ1v) is 9.40. The van der Waals surface area contributed by atoms with Gasteiger partial charge in [-0.25, -0.2) is 13.1 Å². The van der Waals surface area contributed by atoms with Gasteiger partial charge < -0.3 is 14.8 Å². The van der Waals surface area contributed by atoms with E-state index in [0.717, 1.165) is 19.3 Å². The van der Waals surface area contributed by atoms with Crippen molar-refractivity contribution in [3.8, 4) is 0 Å². The molecule has 0 aromatic heterocycles. The second-order valence-electron chi connectivity index (χ2n) is 8.72. The van der Waals surface area contributed by atoms with Gasteiger partial charge in [-0.15, -0.1) is 0 Å². The number of hydrogen-bond acceptors (Lipinski definition) is 1. The first-order chi connectivity index (χ1) is 10.9. The lowest BCUT2D eigenvalue weighted by Crippen LogP contribution is -2.59. The molecule has 0 saturated heterocycles. The van der Waals surface area contributed by atoms with Crippen LogP contribution in [0.25, 0.3) is 9.69 Å². The molecule has 0 amide bonds. The predicted molar refractivity (Wildman–Crippen MR) is 91.5 cm³/mol. The van der Waals surface area contributed by atoms with Gasteiger partial charge >= 0.3 is 0 Å². The van der Waals surface area contributed by atoms with Gasteiger partial charge in [0.25, 0.3) is 6.04 Å². The standard InChI is InChI=1S/C20H30N2O/c1-19(22-4)12-10-15(14-8-6-5-7-9-14)17-16(19)11-13-20(2,23)18(17)21-3/h14-18,23H,5-13H2,1-2H3/t15-,16+,17-,18-,19+,20-/m0/s1. The lowest BCUT2D eigenvalue weighted by molar-refractivity contribution is -0.0829. The molecule has 3 aliphatic rings. The summed E-state index contributed by atoms with van der Waals surface area (Å²) in [6.07, 6.45) is 10.2. The highest BCUT2D eigenvalue weighted by Crippen LogP contribution is 2.56. The molecule has 3 rings (SSSR count). The first-order valence-electron chi connectivity index (χ1n) is 9.40. The summed E-state index contributed by atoms with van der Waals surface area (Å²) in [7, 11) is 0. The molecule has 3 aliphatic carbocycles. The van der Waals surface area contributed by atoms with E-state index >= 15 is 0 Å². The van der Waals surface area contributed by atoms with Gasteiger partial charge in [0, 0.05) is 19.3 Å². The van der Waals surface area contributed by atoms with E-state index in [1.165, 1.54) is 32.1 Å². The Kier molecular flexibility index (Phi) is 4.45. The minimum Gasteiger partial charge on any atom is -0.382 e. The van der Waals surface area contributed by atoms with Crippen molar-refractivity contribution in [2.24, 2.45) is 23.7 Å². The normalized spacial score (nSPS) is 48.0. The van der Waals surface area contributed by atoms with Crippen LogP contribution in [0.3, 0.4) is 0 Å². The van der Waals surface area contributed by atoms with Crippen LogP contribution in [0, 0.1) is 36.8 Å². The summed E-state index contributed by atoms with van der Waals surface area (Å²) in [6.45, 7) is 19.4. The number of aliphatic hydroxyl groups is 1. The Balaban J connectivity index is 1.96. The Morgan fingerprint density at radius 3 is 2.26 bits per heavy atom. The molecule has 0 spiro atoms. The smallest absolute Gasteiger partial charge is 0.255 e. The van der Waals surface area contributed by atoms with E-state index in [1.807, 2.05) is 6.92 Å². The van der Waals surface area contributed by atoms with E-state index in [4.69, 9.17) is 13.1 Å². The van der Waals surface area contributed by atoms with Crippen LogP contribution in [-0.2, 0) is 0 Å². The molecule has 0 heterocycles. The molecular weight excluding hydrogens is 284 g/mol. The number of nitrogens with zero attached hydrogens (tertiary/aromatic N) is 2. The molecule has 0 aliphatic heterocycles. The van der Waals surface area contributed by atoms with Crippen LogP contribution in [0.1, 0.15) is 71.6 Å². The lowest BCUT2D eigenvalue weighted by Gasteiger charge is -2.51. The SMILES string of the molecule is [C-]#[N+][C@H]1[C@@H]2[C@@H](CC[C@]1(C)O)[C@](C)([N+]#[C-])CC[C@H]2C1CCCCC1. The quantitative estimate of drug-likeness (QED) is 0.697. The van der Waals surface area contributed by atoms with Gasteiger partial charge in [0.05, 0.1) is 5.92 Å². The summed E-state index contributed by atoms with van der Waals surface area (Å²) in [6, 6.07) is -0.324. The molecule has 0 aromatic rings. The monoisotopic (exact) mass is 314 g/mol. The van der Waals surface area contributed by atoms with Crippen LogP contribution in [0.5, 0.6) is 0 Å². The second-order valence-corrected chi connectivity index (χ2v) is 8.72. The highest BCUT2D eigenvalue weighted by molar-refractivity contribution is 5.17. The maximum absolute atomic E-state index is 10.8. The van der Waals surface area contributed by atoms with Crippen molar-refractivity contribution in [1.29, 1.82) is 0 Å². The summed E-state index contributed by atoms with van der Waals surface area (Å²) in [5, 5.41) is 10.8. The van der Waals surface area contributed by atoms with E-state index in [9.17, 15) is 5.11 Å². The molecule has 3 nitrogen and oxygen atoms in total. The van der Waals surface area contributed by atoms with Gasteiger partial charge in [-0.2, -0.15) is 0 Å². The van der Waals surface area contributed by atoms with Crippen molar-refractivity contribution in [1.82, 2.24) is 0 Å². The summed E-state index contributed by atoms with van der Waals surface area (Å²) < 4.78 is 0. The Hall–Kier alpha value is -1.06. The highest BCUT2D eigenvalue weighted by atomic mass is 16.3. The van der Waals surface area contributed by atoms with Crippen LogP contribution in [0.15, 0.2) is 0 Å². The molecule has 126 valence electrons. The Labute approximate surface area is 141 Å².